The van der Waals surface area contributed by atoms with E-state index in [-0.39, 0.29) is 0 Å². The van der Waals surface area contributed by atoms with Gasteiger partial charge in [0.1, 0.15) is 19.0 Å². The lowest BCUT2D eigenvalue weighted by Crippen LogP contribution is -2.38. The molecule has 136 valence electrons. The molecule has 1 fully saturated rings. The molecule has 2 aliphatic rings. The van der Waals surface area contributed by atoms with Crippen molar-refractivity contribution in [2.45, 2.75) is 19.4 Å². The molecule has 25 heavy (non-hydrogen) atoms. The summed E-state index contributed by atoms with van der Waals surface area (Å²) in [6, 6.07) is 4.07. The number of morpholine rings is 1. The molecule has 2 aromatic rings. The summed E-state index contributed by atoms with van der Waals surface area (Å²) in [5.74, 6) is 2.70. The van der Waals surface area contributed by atoms with E-state index < -0.39 is 0 Å². The largest absolute Gasteiger partial charge is 0.486 e. The van der Waals surface area contributed by atoms with Gasteiger partial charge in [0.25, 0.3) is 0 Å². The molecule has 1 aromatic carbocycles. The Morgan fingerprint density at radius 2 is 1.76 bits per heavy atom. The van der Waals surface area contributed by atoms with Crippen LogP contribution in [0, 0.1) is 0 Å². The maximum absolute atomic E-state index is 5.76. The Balaban J connectivity index is 1.63. The van der Waals surface area contributed by atoms with Gasteiger partial charge in [-0.2, -0.15) is 0 Å². The number of aromatic nitrogens is 2. The highest BCUT2D eigenvalue weighted by Gasteiger charge is 2.19. The van der Waals surface area contributed by atoms with E-state index in [0.29, 0.717) is 19.8 Å². The molecule has 0 amide bonds. The Labute approximate surface area is 147 Å². The van der Waals surface area contributed by atoms with E-state index in [1.807, 2.05) is 6.07 Å². The first-order valence-corrected chi connectivity index (χ1v) is 9.14. The minimum atomic E-state index is 0.594. The van der Waals surface area contributed by atoms with Crippen LogP contribution < -0.4 is 15.2 Å². The summed E-state index contributed by atoms with van der Waals surface area (Å²) in [6.45, 7) is 7.42. The molecular weight excluding hydrogens is 320 g/mol. The third-order valence-electron chi connectivity index (χ3n) is 4.84. The number of imidazole rings is 1. The van der Waals surface area contributed by atoms with Crippen LogP contribution in [0.1, 0.15) is 12.2 Å². The third kappa shape index (κ3) is 3.58. The van der Waals surface area contributed by atoms with E-state index in [2.05, 4.69) is 15.5 Å². The van der Waals surface area contributed by atoms with Crippen molar-refractivity contribution in [1.82, 2.24) is 14.5 Å². The van der Waals surface area contributed by atoms with Gasteiger partial charge in [-0.05, 0) is 13.0 Å². The predicted molar refractivity (Wildman–Crippen MR) is 95.4 cm³/mol. The molecule has 2 aliphatic heterocycles. The van der Waals surface area contributed by atoms with Crippen LogP contribution >= 0.6 is 0 Å². The van der Waals surface area contributed by atoms with E-state index in [4.69, 9.17) is 24.9 Å². The number of benzene rings is 1. The SMILES string of the molecule is NCCCc1nc2cc3c(cc2n1CCN1CCOCC1)OCCO3. The highest BCUT2D eigenvalue weighted by Crippen LogP contribution is 2.35. The minimum absolute atomic E-state index is 0.594. The van der Waals surface area contributed by atoms with Gasteiger partial charge < -0.3 is 24.5 Å². The normalized spacial score (nSPS) is 18.0. The second kappa shape index (κ2) is 7.59. The Morgan fingerprint density at radius 1 is 1.00 bits per heavy atom. The standard InChI is InChI=1S/C18H26N4O3/c19-3-1-2-18-20-14-12-16-17(25-11-10-24-16)13-15(14)22(18)5-4-21-6-8-23-9-7-21/h12-13H,1-11,19H2. The van der Waals surface area contributed by atoms with Crippen molar-refractivity contribution in [3.05, 3.63) is 18.0 Å². The Bertz CT molecular complexity index is 725. The quantitative estimate of drug-likeness (QED) is 0.842. The van der Waals surface area contributed by atoms with Gasteiger partial charge in [0.05, 0.1) is 24.2 Å². The van der Waals surface area contributed by atoms with Gasteiger partial charge in [0, 0.05) is 44.7 Å². The number of hydrogen-bond donors (Lipinski definition) is 1. The summed E-state index contributed by atoms with van der Waals surface area (Å²) < 4.78 is 19.2. The van der Waals surface area contributed by atoms with Crippen molar-refractivity contribution in [3.63, 3.8) is 0 Å². The fraction of sp³-hybridized carbons (Fsp3) is 0.611. The number of aryl methyl sites for hydroxylation is 1. The molecule has 1 saturated heterocycles. The number of rotatable bonds is 6. The van der Waals surface area contributed by atoms with Crippen molar-refractivity contribution in [1.29, 1.82) is 0 Å². The maximum Gasteiger partial charge on any atom is 0.163 e. The molecule has 0 bridgehead atoms. The van der Waals surface area contributed by atoms with Gasteiger partial charge in [-0.15, -0.1) is 0 Å². The van der Waals surface area contributed by atoms with Crippen LogP contribution in [-0.4, -0.2) is 67.1 Å². The van der Waals surface area contributed by atoms with Crippen LogP contribution in [0.2, 0.25) is 0 Å². The molecular formula is C18H26N4O3. The number of nitrogens with two attached hydrogens (primary N) is 1. The van der Waals surface area contributed by atoms with Crippen molar-refractivity contribution >= 4 is 11.0 Å². The zero-order chi connectivity index (χ0) is 17.1. The molecule has 1 aromatic heterocycles. The van der Waals surface area contributed by atoms with Crippen LogP contribution in [0.5, 0.6) is 11.5 Å². The van der Waals surface area contributed by atoms with Gasteiger partial charge in [0.15, 0.2) is 11.5 Å². The van der Waals surface area contributed by atoms with Crippen LogP contribution in [0.3, 0.4) is 0 Å². The molecule has 4 rings (SSSR count). The van der Waals surface area contributed by atoms with Crippen molar-refractivity contribution in [2.24, 2.45) is 5.73 Å². The zero-order valence-corrected chi connectivity index (χ0v) is 14.6. The third-order valence-corrected chi connectivity index (χ3v) is 4.84. The van der Waals surface area contributed by atoms with E-state index in [9.17, 15) is 0 Å². The first-order valence-electron chi connectivity index (χ1n) is 9.14. The van der Waals surface area contributed by atoms with Crippen LogP contribution in [-0.2, 0) is 17.7 Å². The molecule has 7 nitrogen and oxygen atoms in total. The first-order chi connectivity index (χ1) is 12.3. The molecule has 0 atom stereocenters. The lowest BCUT2D eigenvalue weighted by atomic mass is 10.2. The van der Waals surface area contributed by atoms with Gasteiger partial charge in [0.2, 0.25) is 0 Å². The van der Waals surface area contributed by atoms with Gasteiger partial charge in [-0.1, -0.05) is 0 Å². The van der Waals surface area contributed by atoms with Gasteiger partial charge in [-0.3, -0.25) is 4.90 Å². The molecule has 3 heterocycles. The fourth-order valence-electron chi connectivity index (χ4n) is 3.48. The minimum Gasteiger partial charge on any atom is -0.486 e. The molecule has 0 spiro atoms. The number of hydrogen-bond acceptors (Lipinski definition) is 6. The number of nitrogens with zero attached hydrogens (tertiary/aromatic N) is 3. The van der Waals surface area contributed by atoms with Crippen molar-refractivity contribution in [2.75, 3.05) is 52.6 Å². The van der Waals surface area contributed by atoms with E-state index in [0.717, 1.165) is 80.6 Å². The lowest BCUT2D eigenvalue weighted by molar-refractivity contribution is 0.0364. The summed E-state index contributed by atoms with van der Waals surface area (Å²) in [5.41, 5.74) is 7.80. The number of ether oxygens (including phenoxy) is 3. The maximum atomic E-state index is 5.76. The van der Waals surface area contributed by atoms with Gasteiger partial charge >= 0.3 is 0 Å². The average Bonchev–Trinajstić information content (AvgIpc) is 3.00. The Morgan fingerprint density at radius 3 is 2.52 bits per heavy atom. The number of fused-ring (bicyclic) bond motifs is 2. The van der Waals surface area contributed by atoms with E-state index in [1.165, 1.54) is 0 Å². The van der Waals surface area contributed by atoms with Gasteiger partial charge in [-0.25, -0.2) is 4.98 Å². The van der Waals surface area contributed by atoms with Crippen molar-refractivity contribution < 1.29 is 14.2 Å². The molecule has 2 N–H and O–H groups in total. The monoisotopic (exact) mass is 346 g/mol. The van der Waals surface area contributed by atoms with Crippen molar-refractivity contribution in [3.8, 4) is 11.5 Å². The highest BCUT2D eigenvalue weighted by atomic mass is 16.6. The molecule has 0 aliphatic carbocycles. The van der Waals surface area contributed by atoms with E-state index in [1.54, 1.807) is 0 Å². The smallest absolute Gasteiger partial charge is 0.163 e. The van der Waals surface area contributed by atoms with E-state index >= 15 is 0 Å². The van der Waals surface area contributed by atoms with Crippen LogP contribution in [0.4, 0.5) is 0 Å². The molecule has 0 saturated carbocycles. The molecule has 0 radical (unpaired) electrons. The summed E-state index contributed by atoms with van der Waals surface area (Å²) in [4.78, 5) is 7.30. The Hall–Kier alpha value is -1.83. The summed E-state index contributed by atoms with van der Waals surface area (Å²) in [7, 11) is 0. The second-order valence-corrected chi connectivity index (χ2v) is 6.51. The zero-order valence-electron chi connectivity index (χ0n) is 14.6. The Kier molecular flexibility index (Phi) is 5.05. The summed E-state index contributed by atoms with van der Waals surface area (Å²) in [6.07, 6.45) is 1.83. The molecule has 7 heteroatoms. The summed E-state index contributed by atoms with van der Waals surface area (Å²) >= 11 is 0. The first kappa shape index (κ1) is 16.6. The molecule has 0 unspecified atom stereocenters. The topological polar surface area (TPSA) is 74.8 Å². The average molecular weight is 346 g/mol. The second-order valence-electron chi connectivity index (χ2n) is 6.51. The predicted octanol–water partition coefficient (Wildman–Crippen LogP) is 1.03. The van der Waals surface area contributed by atoms with Crippen LogP contribution in [0.25, 0.3) is 11.0 Å². The lowest BCUT2D eigenvalue weighted by Gasteiger charge is -2.27. The highest BCUT2D eigenvalue weighted by molar-refractivity contribution is 5.80. The summed E-state index contributed by atoms with van der Waals surface area (Å²) in [5, 5.41) is 0. The fourth-order valence-corrected chi connectivity index (χ4v) is 3.48. The van der Waals surface area contributed by atoms with Crippen LogP contribution in [0.15, 0.2) is 12.1 Å².